The highest BCUT2D eigenvalue weighted by atomic mass is 15.3. The van der Waals surface area contributed by atoms with E-state index in [0.29, 0.717) is 5.92 Å². The van der Waals surface area contributed by atoms with E-state index in [0.717, 1.165) is 32.0 Å². The van der Waals surface area contributed by atoms with Gasteiger partial charge in [-0.1, -0.05) is 13.8 Å². The van der Waals surface area contributed by atoms with Gasteiger partial charge in [0.15, 0.2) is 5.96 Å². The molecule has 5 heteroatoms. The molecule has 0 spiro atoms. The summed E-state index contributed by atoms with van der Waals surface area (Å²) >= 11 is 0. The number of hydrogen-bond donors (Lipinski definition) is 2. The van der Waals surface area contributed by atoms with Crippen LogP contribution in [0.4, 0.5) is 0 Å². The third-order valence-electron chi connectivity index (χ3n) is 2.43. The van der Waals surface area contributed by atoms with Crippen molar-refractivity contribution in [2.24, 2.45) is 10.9 Å². The molecule has 0 aliphatic rings. The third-order valence-corrected chi connectivity index (χ3v) is 2.43. The van der Waals surface area contributed by atoms with Gasteiger partial charge in [-0.2, -0.15) is 5.10 Å². The number of nitrogens with one attached hydrogen (secondary N) is 2. The number of hydrogen-bond acceptors (Lipinski definition) is 2. The Hall–Kier alpha value is -1.52. The maximum absolute atomic E-state index is 4.17. The average Bonchev–Trinajstić information content (AvgIpc) is 2.79. The van der Waals surface area contributed by atoms with Gasteiger partial charge in [-0.05, 0) is 18.4 Å². The number of aliphatic imine (C=N–C) groups is 1. The molecule has 0 aliphatic heterocycles. The predicted molar refractivity (Wildman–Crippen MR) is 71.0 cm³/mol. The zero-order valence-corrected chi connectivity index (χ0v) is 11.0. The molecule has 2 N–H and O–H groups in total. The van der Waals surface area contributed by atoms with E-state index in [1.54, 1.807) is 13.2 Å². The van der Waals surface area contributed by atoms with Crippen molar-refractivity contribution in [1.29, 1.82) is 0 Å². The SMILES string of the molecule is CN=C(NCCC(C)C)NCCn1cccn1. The maximum Gasteiger partial charge on any atom is 0.191 e. The highest BCUT2D eigenvalue weighted by Gasteiger charge is 1.98. The van der Waals surface area contributed by atoms with Crippen molar-refractivity contribution in [2.75, 3.05) is 20.1 Å². The molecule has 0 radical (unpaired) electrons. The molecule has 0 aromatic carbocycles. The van der Waals surface area contributed by atoms with Gasteiger partial charge < -0.3 is 10.6 Å². The van der Waals surface area contributed by atoms with E-state index >= 15 is 0 Å². The van der Waals surface area contributed by atoms with E-state index in [1.807, 2.05) is 16.9 Å². The lowest BCUT2D eigenvalue weighted by molar-refractivity contribution is 0.566. The lowest BCUT2D eigenvalue weighted by atomic mass is 10.1. The smallest absolute Gasteiger partial charge is 0.191 e. The summed E-state index contributed by atoms with van der Waals surface area (Å²) in [7, 11) is 1.79. The van der Waals surface area contributed by atoms with Gasteiger partial charge in [0.1, 0.15) is 0 Å². The quantitative estimate of drug-likeness (QED) is 0.575. The van der Waals surface area contributed by atoms with Crippen LogP contribution in [0.1, 0.15) is 20.3 Å². The van der Waals surface area contributed by atoms with Crippen molar-refractivity contribution in [3.63, 3.8) is 0 Å². The minimum Gasteiger partial charge on any atom is -0.356 e. The van der Waals surface area contributed by atoms with Crippen molar-refractivity contribution in [2.45, 2.75) is 26.8 Å². The Labute approximate surface area is 103 Å². The normalized spacial score (nSPS) is 11.9. The van der Waals surface area contributed by atoms with Gasteiger partial charge in [-0.25, -0.2) is 0 Å². The molecular weight excluding hydrogens is 214 g/mol. The number of guanidine groups is 1. The standard InChI is InChI=1S/C12H23N5/c1-11(2)5-7-14-12(13-3)15-8-10-17-9-4-6-16-17/h4,6,9,11H,5,7-8,10H2,1-3H3,(H2,13,14,15). The first-order valence-corrected chi connectivity index (χ1v) is 6.14. The van der Waals surface area contributed by atoms with E-state index in [9.17, 15) is 0 Å². The van der Waals surface area contributed by atoms with E-state index < -0.39 is 0 Å². The van der Waals surface area contributed by atoms with Gasteiger partial charge in [0.25, 0.3) is 0 Å². The Morgan fingerprint density at radius 3 is 2.71 bits per heavy atom. The summed E-state index contributed by atoms with van der Waals surface area (Å²) in [6, 6.07) is 1.93. The third kappa shape index (κ3) is 5.94. The molecule has 1 aromatic heterocycles. The summed E-state index contributed by atoms with van der Waals surface area (Å²) < 4.78 is 1.90. The van der Waals surface area contributed by atoms with Gasteiger partial charge in [0, 0.05) is 32.5 Å². The highest BCUT2D eigenvalue weighted by Crippen LogP contribution is 1.95. The minimum absolute atomic E-state index is 0.713. The van der Waals surface area contributed by atoms with E-state index in [2.05, 4.69) is 34.6 Å². The molecule has 0 amide bonds. The first-order chi connectivity index (χ1) is 8.22. The Bertz CT molecular complexity index is 316. The molecule has 0 bridgehead atoms. The summed E-state index contributed by atoms with van der Waals surface area (Å²) in [6.07, 6.45) is 4.90. The molecule has 17 heavy (non-hydrogen) atoms. The Kier molecular flexibility index (Phi) is 6.14. The Morgan fingerprint density at radius 1 is 1.35 bits per heavy atom. The topological polar surface area (TPSA) is 54.2 Å². The summed E-state index contributed by atoms with van der Waals surface area (Å²) in [5.74, 6) is 1.57. The molecule has 1 rings (SSSR count). The monoisotopic (exact) mass is 237 g/mol. The van der Waals surface area contributed by atoms with Crippen LogP contribution < -0.4 is 10.6 Å². The zero-order valence-electron chi connectivity index (χ0n) is 11.0. The number of rotatable bonds is 6. The maximum atomic E-state index is 4.17. The van der Waals surface area contributed by atoms with E-state index in [1.165, 1.54) is 0 Å². The number of nitrogens with zero attached hydrogens (tertiary/aromatic N) is 3. The largest absolute Gasteiger partial charge is 0.356 e. The van der Waals surface area contributed by atoms with Gasteiger partial charge in [-0.3, -0.25) is 9.67 Å². The van der Waals surface area contributed by atoms with Crippen molar-refractivity contribution < 1.29 is 0 Å². The Balaban J connectivity index is 2.15. The second-order valence-corrected chi connectivity index (χ2v) is 4.38. The fourth-order valence-electron chi connectivity index (χ4n) is 1.42. The first-order valence-electron chi connectivity index (χ1n) is 6.14. The summed E-state index contributed by atoms with van der Waals surface area (Å²) in [6.45, 7) is 7.06. The van der Waals surface area contributed by atoms with Crippen LogP contribution in [-0.4, -0.2) is 35.9 Å². The fourth-order valence-corrected chi connectivity index (χ4v) is 1.42. The van der Waals surface area contributed by atoms with Gasteiger partial charge in [-0.15, -0.1) is 0 Å². The van der Waals surface area contributed by atoms with Crippen molar-refractivity contribution in [3.05, 3.63) is 18.5 Å². The van der Waals surface area contributed by atoms with Crippen LogP contribution in [0.15, 0.2) is 23.5 Å². The van der Waals surface area contributed by atoms with Crippen LogP contribution in [0.2, 0.25) is 0 Å². The summed E-state index contributed by atoms with van der Waals surface area (Å²) in [5.41, 5.74) is 0. The van der Waals surface area contributed by atoms with Crippen LogP contribution in [0, 0.1) is 5.92 Å². The van der Waals surface area contributed by atoms with Gasteiger partial charge >= 0.3 is 0 Å². The predicted octanol–water partition coefficient (Wildman–Crippen LogP) is 1.09. The van der Waals surface area contributed by atoms with E-state index in [4.69, 9.17) is 0 Å². The molecule has 0 aliphatic carbocycles. The molecule has 0 unspecified atom stereocenters. The molecule has 96 valence electrons. The average molecular weight is 237 g/mol. The van der Waals surface area contributed by atoms with Crippen LogP contribution in [-0.2, 0) is 6.54 Å². The molecule has 0 saturated heterocycles. The van der Waals surface area contributed by atoms with Crippen molar-refractivity contribution >= 4 is 5.96 Å². The number of aromatic nitrogens is 2. The molecule has 0 atom stereocenters. The molecule has 1 aromatic rings. The van der Waals surface area contributed by atoms with Crippen LogP contribution in [0.25, 0.3) is 0 Å². The lowest BCUT2D eigenvalue weighted by Gasteiger charge is -2.12. The highest BCUT2D eigenvalue weighted by molar-refractivity contribution is 5.79. The first kappa shape index (κ1) is 13.5. The van der Waals surface area contributed by atoms with Crippen LogP contribution in [0.3, 0.4) is 0 Å². The van der Waals surface area contributed by atoms with Gasteiger partial charge in [0.2, 0.25) is 0 Å². The fraction of sp³-hybridized carbons (Fsp3) is 0.667. The lowest BCUT2D eigenvalue weighted by Crippen LogP contribution is -2.39. The summed E-state index contributed by atoms with van der Waals surface area (Å²) in [5, 5.41) is 10.7. The molecule has 5 nitrogen and oxygen atoms in total. The summed E-state index contributed by atoms with van der Waals surface area (Å²) in [4.78, 5) is 4.17. The van der Waals surface area contributed by atoms with E-state index in [-0.39, 0.29) is 0 Å². The minimum atomic E-state index is 0.713. The van der Waals surface area contributed by atoms with Crippen LogP contribution in [0.5, 0.6) is 0 Å². The molecule has 0 fully saturated rings. The second-order valence-electron chi connectivity index (χ2n) is 4.38. The second kappa shape index (κ2) is 7.70. The van der Waals surface area contributed by atoms with Gasteiger partial charge in [0.05, 0.1) is 6.54 Å². The molecular formula is C12H23N5. The van der Waals surface area contributed by atoms with Crippen LogP contribution >= 0.6 is 0 Å². The molecule has 0 saturated carbocycles. The Morgan fingerprint density at radius 2 is 2.12 bits per heavy atom. The van der Waals surface area contributed by atoms with Crippen molar-refractivity contribution in [1.82, 2.24) is 20.4 Å². The molecule has 1 heterocycles. The van der Waals surface area contributed by atoms with Crippen molar-refractivity contribution in [3.8, 4) is 0 Å². The zero-order chi connectivity index (χ0) is 12.5.